The van der Waals surface area contributed by atoms with E-state index in [1.54, 1.807) is 0 Å². The number of nitrogens with two attached hydrogens (primary N) is 1. The second-order valence-electron chi connectivity index (χ2n) is 5.40. The normalized spacial score (nSPS) is 18.1. The van der Waals surface area contributed by atoms with Crippen LogP contribution < -0.4 is 5.73 Å². The highest BCUT2D eigenvalue weighted by molar-refractivity contribution is 5.38. The first kappa shape index (κ1) is 11.6. The predicted octanol–water partition coefficient (Wildman–Crippen LogP) is 2.46. The number of nitrogens with zero attached hydrogens (tertiary/aromatic N) is 2. The summed E-state index contributed by atoms with van der Waals surface area (Å²) in [6, 6.07) is 0.445. The van der Waals surface area contributed by atoms with E-state index in [-0.39, 0.29) is 0 Å². The molecule has 1 fully saturated rings. The maximum atomic E-state index is 5.73. The number of aromatic nitrogens is 2. The van der Waals surface area contributed by atoms with Gasteiger partial charge in [0.25, 0.3) is 0 Å². The van der Waals surface area contributed by atoms with Gasteiger partial charge in [-0.25, -0.2) is 0 Å². The molecule has 2 N–H and O–H groups in total. The van der Waals surface area contributed by atoms with Crippen LogP contribution in [0, 0.1) is 13.8 Å². The van der Waals surface area contributed by atoms with E-state index < -0.39 is 0 Å². The molecule has 90 valence electrons. The Morgan fingerprint density at radius 1 is 1.38 bits per heavy atom. The van der Waals surface area contributed by atoms with Crippen molar-refractivity contribution < 1.29 is 0 Å². The lowest BCUT2D eigenvalue weighted by molar-refractivity contribution is 0.513. The summed E-state index contributed by atoms with van der Waals surface area (Å²) in [4.78, 5) is 0. The Morgan fingerprint density at radius 2 is 2.00 bits per heavy atom. The van der Waals surface area contributed by atoms with Gasteiger partial charge in [-0.3, -0.25) is 4.68 Å². The summed E-state index contributed by atoms with van der Waals surface area (Å²) in [6.45, 7) is 9.49. The van der Waals surface area contributed by atoms with Gasteiger partial charge in [0, 0.05) is 22.7 Å². The number of rotatable bonds is 4. The van der Waals surface area contributed by atoms with Crippen LogP contribution in [0.25, 0.3) is 0 Å². The summed E-state index contributed by atoms with van der Waals surface area (Å²) in [6.07, 6.45) is 3.68. The molecule has 1 heterocycles. The van der Waals surface area contributed by atoms with Gasteiger partial charge >= 0.3 is 0 Å². The Labute approximate surface area is 98.0 Å². The SMILES string of the molecule is Cc1nn(C(C)C)c(C)c1C1(CCN)CC1. The first-order valence-electron chi connectivity index (χ1n) is 6.28. The first-order valence-corrected chi connectivity index (χ1v) is 6.28. The molecule has 3 nitrogen and oxygen atoms in total. The molecule has 0 aliphatic heterocycles. The zero-order chi connectivity index (χ0) is 11.9. The van der Waals surface area contributed by atoms with E-state index in [0.29, 0.717) is 11.5 Å². The van der Waals surface area contributed by atoms with E-state index >= 15 is 0 Å². The minimum absolute atomic E-state index is 0.371. The predicted molar refractivity (Wildman–Crippen MR) is 66.7 cm³/mol. The maximum absolute atomic E-state index is 5.73. The Hall–Kier alpha value is -0.830. The molecule has 1 saturated carbocycles. The molecular formula is C13H23N3. The monoisotopic (exact) mass is 221 g/mol. The van der Waals surface area contributed by atoms with Gasteiger partial charge in [0.1, 0.15) is 0 Å². The average molecular weight is 221 g/mol. The van der Waals surface area contributed by atoms with Crippen LogP contribution in [0.15, 0.2) is 0 Å². The summed E-state index contributed by atoms with van der Waals surface area (Å²) >= 11 is 0. The van der Waals surface area contributed by atoms with E-state index in [0.717, 1.165) is 13.0 Å². The summed E-state index contributed by atoms with van der Waals surface area (Å²) in [5.41, 5.74) is 10.1. The van der Waals surface area contributed by atoms with Crippen molar-refractivity contribution in [2.45, 2.75) is 58.4 Å². The Kier molecular flexibility index (Phi) is 2.82. The van der Waals surface area contributed by atoms with Crippen molar-refractivity contribution in [1.82, 2.24) is 9.78 Å². The maximum Gasteiger partial charge on any atom is 0.0634 e. The molecular weight excluding hydrogens is 198 g/mol. The van der Waals surface area contributed by atoms with Gasteiger partial charge < -0.3 is 5.73 Å². The van der Waals surface area contributed by atoms with Crippen molar-refractivity contribution in [3.63, 3.8) is 0 Å². The lowest BCUT2D eigenvalue weighted by Gasteiger charge is -2.16. The fraction of sp³-hybridized carbons (Fsp3) is 0.769. The largest absolute Gasteiger partial charge is 0.330 e. The highest BCUT2D eigenvalue weighted by Crippen LogP contribution is 2.52. The molecule has 0 unspecified atom stereocenters. The van der Waals surface area contributed by atoms with Crippen molar-refractivity contribution in [1.29, 1.82) is 0 Å². The van der Waals surface area contributed by atoms with Crippen LogP contribution in [0.2, 0.25) is 0 Å². The molecule has 0 amide bonds. The smallest absolute Gasteiger partial charge is 0.0634 e. The van der Waals surface area contributed by atoms with Crippen LogP contribution in [0.4, 0.5) is 0 Å². The second-order valence-corrected chi connectivity index (χ2v) is 5.40. The molecule has 1 aliphatic rings. The standard InChI is InChI=1S/C13H23N3/c1-9(2)16-11(4)12(10(3)15-16)13(5-6-13)7-8-14/h9H,5-8,14H2,1-4H3. The zero-order valence-electron chi connectivity index (χ0n) is 10.9. The quantitative estimate of drug-likeness (QED) is 0.848. The topological polar surface area (TPSA) is 43.8 Å². The van der Waals surface area contributed by atoms with Gasteiger partial charge in [0.05, 0.1) is 5.69 Å². The van der Waals surface area contributed by atoms with Crippen LogP contribution >= 0.6 is 0 Å². The van der Waals surface area contributed by atoms with Crippen molar-refractivity contribution in [2.75, 3.05) is 6.54 Å². The minimum atomic E-state index is 0.371. The molecule has 3 heteroatoms. The first-order chi connectivity index (χ1) is 7.52. The van der Waals surface area contributed by atoms with E-state index in [1.165, 1.54) is 29.8 Å². The Balaban J connectivity index is 2.41. The number of hydrogen-bond acceptors (Lipinski definition) is 2. The minimum Gasteiger partial charge on any atom is -0.330 e. The average Bonchev–Trinajstić information content (AvgIpc) is 2.88. The van der Waals surface area contributed by atoms with Crippen molar-refractivity contribution in [2.24, 2.45) is 5.73 Å². The molecule has 0 saturated heterocycles. The van der Waals surface area contributed by atoms with Gasteiger partial charge in [0.15, 0.2) is 0 Å². The molecule has 1 aromatic heterocycles. The molecule has 0 bridgehead atoms. The Morgan fingerprint density at radius 3 is 2.38 bits per heavy atom. The Bertz CT molecular complexity index is 386. The van der Waals surface area contributed by atoms with Gasteiger partial charge in [-0.1, -0.05) is 0 Å². The van der Waals surface area contributed by atoms with E-state index in [2.05, 4.69) is 37.5 Å². The van der Waals surface area contributed by atoms with E-state index in [1.807, 2.05) is 0 Å². The van der Waals surface area contributed by atoms with Crippen molar-refractivity contribution >= 4 is 0 Å². The van der Waals surface area contributed by atoms with Crippen molar-refractivity contribution in [3.05, 3.63) is 17.0 Å². The molecule has 0 aromatic carbocycles. The molecule has 1 aliphatic carbocycles. The fourth-order valence-electron chi connectivity index (χ4n) is 2.99. The second kappa shape index (κ2) is 3.88. The number of hydrogen-bond donors (Lipinski definition) is 1. The summed E-state index contributed by atoms with van der Waals surface area (Å²) < 4.78 is 2.15. The van der Waals surface area contributed by atoms with Crippen LogP contribution in [-0.2, 0) is 5.41 Å². The molecule has 1 aromatic rings. The van der Waals surface area contributed by atoms with E-state index in [9.17, 15) is 0 Å². The summed E-state index contributed by atoms with van der Waals surface area (Å²) in [5, 5.41) is 4.67. The lowest BCUT2D eigenvalue weighted by atomic mass is 9.90. The highest BCUT2D eigenvalue weighted by Gasteiger charge is 2.46. The van der Waals surface area contributed by atoms with Gasteiger partial charge in [0.2, 0.25) is 0 Å². The molecule has 0 atom stereocenters. The highest BCUT2D eigenvalue weighted by atomic mass is 15.3. The molecule has 0 radical (unpaired) electrons. The van der Waals surface area contributed by atoms with Crippen molar-refractivity contribution in [3.8, 4) is 0 Å². The van der Waals surface area contributed by atoms with Gasteiger partial charge in [-0.15, -0.1) is 0 Å². The third-order valence-electron chi connectivity index (χ3n) is 3.82. The number of aryl methyl sites for hydroxylation is 1. The van der Waals surface area contributed by atoms with Crippen LogP contribution in [0.3, 0.4) is 0 Å². The van der Waals surface area contributed by atoms with Crippen LogP contribution in [0.5, 0.6) is 0 Å². The lowest BCUT2D eigenvalue weighted by Crippen LogP contribution is -2.15. The molecule has 2 rings (SSSR count). The fourth-order valence-corrected chi connectivity index (χ4v) is 2.99. The molecule has 0 spiro atoms. The van der Waals surface area contributed by atoms with E-state index in [4.69, 9.17) is 5.73 Å². The van der Waals surface area contributed by atoms with Crippen LogP contribution in [-0.4, -0.2) is 16.3 Å². The third-order valence-corrected chi connectivity index (χ3v) is 3.82. The molecule has 16 heavy (non-hydrogen) atoms. The zero-order valence-corrected chi connectivity index (χ0v) is 10.9. The van der Waals surface area contributed by atoms with Gasteiger partial charge in [-0.2, -0.15) is 5.10 Å². The summed E-state index contributed by atoms with van der Waals surface area (Å²) in [7, 11) is 0. The van der Waals surface area contributed by atoms with Gasteiger partial charge in [-0.05, 0) is 53.5 Å². The summed E-state index contributed by atoms with van der Waals surface area (Å²) in [5.74, 6) is 0. The van der Waals surface area contributed by atoms with Crippen LogP contribution in [0.1, 0.15) is 56.1 Å². The third kappa shape index (κ3) is 1.67.